The van der Waals surface area contributed by atoms with E-state index in [9.17, 15) is 14.4 Å². The minimum atomic E-state index is -0.825. The molecule has 36 heavy (non-hydrogen) atoms. The monoisotopic (exact) mass is 505 g/mol. The van der Waals surface area contributed by atoms with E-state index in [2.05, 4.69) is 10.6 Å². The highest BCUT2D eigenvalue weighted by atomic mass is 32.1. The molecule has 9 heteroatoms. The molecule has 2 atom stereocenters. The fraction of sp³-hybridized carbons (Fsp3) is 0.296. The van der Waals surface area contributed by atoms with Crippen molar-refractivity contribution in [3.63, 3.8) is 0 Å². The zero-order valence-corrected chi connectivity index (χ0v) is 20.6. The molecule has 0 radical (unpaired) electrons. The Morgan fingerprint density at radius 1 is 1.11 bits per heavy atom. The van der Waals surface area contributed by atoms with Gasteiger partial charge in [-0.3, -0.25) is 14.5 Å². The third-order valence-electron chi connectivity index (χ3n) is 6.34. The SMILES string of the molecule is COc1cccc(CN2C(=O)OC(c3ccc(NC(=O)c4cccs4)cc3)C2C(=O)NCC2CC2)c1. The Kier molecular flexibility index (Phi) is 6.90. The van der Waals surface area contributed by atoms with Gasteiger partial charge in [0.15, 0.2) is 12.1 Å². The lowest BCUT2D eigenvalue weighted by molar-refractivity contribution is -0.126. The van der Waals surface area contributed by atoms with Gasteiger partial charge in [0.1, 0.15) is 5.75 Å². The Labute approximate surface area is 213 Å². The van der Waals surface area contributed by atoms with Crippen molar-refractivity contribution in [2.45, 2.75) is 31.5 Å². The van der Waals surface area contributed by atoms with E-state index in [4.69, 9.17) is 9.47 Å². The van der Waals surface area contributed by atoms with Crippen molar-refractivity contribution in [1.29, 1.82) is 0 Å². The predicted octanol–water partition coefficient (Wildman–Crippen LogP) is 4.60. The maximum Gasteiger partial charge on any atom is 0.411 e. The number of carbonyl (C=O) groups is 3. The molecule has 2 unspecified atom stereocenters. The van der Waals surface area contributed by atoms with E-state index in [0.717, 1.165) is 18.4 Å². The molecule has 2 N–H and O–H groups in total. The maximum atomic E-state index is 13.3. The van der Waals surface area contributed by atoms with E-state index in [-0.39, 0.29) is 18.4 Å². The molecule has 186 valence electrons. The Hall–Kier alpha value is -3.85. The number of cyclic esters (lactones) is 1. The van der Waals surface area contributed by atoms with Gasteiger partial charge >= 0.3 is 6.09 Å². The summed E-state index contributed by atoms with van der Waals surface area (Å²) >= 11 is 1.36. The summed E-state index contributed by atoms with van der Waals surface area (Å²) < 4.78 is 11.0. The van der Waals surface area contributed by atoms with E-state index in [0.29, 0.717) is 34.3 Å². The highest BCUT2D eigenvalue weighted by molar-refractivity contribution is 7.12. The summed E-state index contributed by atoms with van der Waals surface area (Å²) in [6.45, 7) is 0.805. The van der Waals surface area contributed by atoms with Gasteiger partial charge in [0, 0.05) is 12.2 Å². The summed E-state index contributed by atoms with van der Waals surface area (Å²) in [6, 6.07) is 17.2. The standard InChI is InChI=1S/C27H27N3O5S/c1-34-21-5-2-4-18(14-21)16-30-23(26(32)28-15-17-7-8-17)24(35-27(30)33)19-9-11-20(12-10-19)29-25(31)22-6-3-13-36-22/h2-6,9-14,17,23-24H,7-8,15-16H2,1H3,(H,28,32)(H,29,31). The molecule has 2 aromatic carbocycles. The van der Waals surface area contributed by atoms with E-state index in [1.807, 2.05) is 35.7 Å². The second kappa shape index (κ2) is 10.4. The second-order valence-corrected chi connectivity index (χ2v) is 9.92. The van der Waals surface area contributed by atoms with Gasteiger partial charge in [-0.2, -0.15) is 0 Å². The molecule has 1 aliphatic carbocycles. The van der Waals surface area contributed by atoms with Crippen molar-refractivity contribution in [3.8, 4) is 5.75 Å². The third kappa shape index (κ3) is 5.36. The van der Waals surface area contributed by atoms with Gasteiger partial charge in [-0.25, -0.2) is 4.79 Å². The molecule has 2 aliphatic rings. The molecule has 3 amide bonds. The number of hydrogen-bond donors (Lipinski definition) is 2. The summed E-state index contributed by atoms with van der Waals surface area (Å²) in [5.74, 6) is 0.748. The van der Waals surface area contributed by atoms with Crippen LogP contribution in [0, 0.1) is 5.92 Å². The fourth-order valence-corrected chi connectivity index (χ4v) is 4.82. The first kappa shape index (κ1) is 23.9. The molecule has 8 nitrogen and oxygen atoms in total. The fourth-order valence-electron chi connectivity index (χ4n) is 4.21. The van der Waals surface area contributed by atoms with Crippen molar-refractivity contribution < 1.29 is 23.9 Å². The number of nitrogens with one attached hydrogen (secondary N) is 2. The number of hydrogen-bond acceptors (Lipinski definition) is 6. The van der Waals surface area contributed by atoms with Crippen LogP contribution in [0.15, 0.2) is 66.0 Å². The number of anilines is 1. The molecular formula is C27H27N3O5S. The number of ether oxygens (including phenoxy) is 2. The smallest absolute Gasteiger partial charge is 0.411 e. The lowest BCUT2D eigenvalue weighted by atomic mass is 10.00. The molecule has 0 spiro atoms. The van der Waals surface area contributed by atoms with Gasteiger partial charge in [0.25, 0.3) is 5.91 Å². The lowest BCUT2D eigenvalue weighted by Crippen LogP contribution is -2.46. The van der Waals surface area contributed by atoms with Gasteiger partial charge in [-0.1, -0.05) is 30.3 Å². The van der Waals surface area contributed by atoms with E-state index in [1.165, 1.54) is 16.2 Å². The van der Waals surface area contributed by atoms with Crippen LogP contribution >= 0.6 is 11.3 Å². The molecule has 1 saturated carbocycles. The molecule has 0 bridgehead atoms. The molecular weight excluding hydrogens is 478 g/mol. The summed E-state index contributed by atoms with van der Waals surface area (Å²) in [6.07, 6.45) is 0.889. The van der Waals surface area contributed by atoms with E-state index >= 15 is 0 Å². The largest absolute Gasteiger partial charge is 0.497 e. The lowest BCUT2D eigenvalue weighted by Gasteiger charge is -2.24. The van der Waals surface area contributed by atoms with Crippen LogP contribution in [0.1, 0.15) is 39.7 Å². The Balaban J connectivity index is 1.36. The summed E-state index contributed by atoms with van der Waals surface area (Å²) in [5.41, 5.74) is 2.13. The molecule has 1 saturated heterocycles. The van der Waals surface area contributed by atoms with Crippen LogP contribution < -0.4 is 15.4 Å². The summed E-state index contributed by atoms with van der Waals surface area (Å²) in [5, 5.41) is 7.71. The third-order valence-corrected chi connectivity index (χ3v) is 7.21. The summed E-state index contributed by atoms with van der Waals surface area (Å²) in [4.78, 5) is 40.7. The van der Waals surface area contributed by atoms with Crippen LogP contribution in [-0.2, 0) is 16.1 Å². The zero-order valence-electron chi connectivity index (χ0n) is 19.8. The number of carbonyl (C=O) groups excluding carboxylic acids is 3. The van der Waals surface area contributed by atoms with Crippen molar-refractivity contribution in [1.82, 2.24) is 10.2 Å². The number of nitrogens with zero attached hydrogens (tertiary/aromatic N) is 1. The average molecular weight is 506 g/mol. The predicted molar refractivity (Wildman–Crippen MR) is 136 cm³/mol. The second-order valence-electron chi connectivity index (χ2n) is 8.97. The Morgan fingerprint density at radius 3 is 2.61 bits per heavy atom. The minimum absolute atomic E-state index is 0.188. The number of benzene rings is 2. The topological polar surface area (TPSA) is 97.0 Å². The van der Waals surface area contributed by atoms with Crippen molar-refractivity contribution in [2.75, 3.05) is 19.0 Å². The highest BCUT2D eigenvalue weighted by Crippen LogP contribution is 2.35. The molecule has 1 aromatic heterocycles. The van der Waals surface area contributed by atoms with Gasteiger partial charge in [0.05, 0.1) is 18.5 Å². The first-order valence-corrected chi connectivity index (χ1v) is 12.7. The van der Waals surface area contributed by atoms with Gasteiger partial charge in [-0.05, 0) is 65.6 Å². The van der Waals surface area contributed by atoms with Gasteiger partial charge in [-0.15, -0.1) is 11.3 Å². The van der Waals surface area contributed by atoms with Crippen LogP contribution in [0.2, 0.25) is 0 Å². The van der Waals surface area contributed by atoms with E-state index < -0.39 is 18.2 Å². The van der Waals surface area contributed by atoms with Gasteiger partial charge < -0.3 is 20.1 Å². The maximum absolute atomic E-state index is 13.3. The normalized spacial score (nSPS) is 19.0. The van der Waals surface area contributed by atoms with Crippen molar-refractivity contribution in [3.05, 3.63) is 82.0 Å². The first-order valence-electron chi connectivity index (χ1n) is 11.8. The molecule has 2 heterocycles. The Bertz CT molecular complexity index is 1240. The Morgan fingerprint density at radius 2 is 1.92 bits per heavy atom. The van der Waals surface area contributed by atoms with Crippen molar-refractivity contribution in [2.24, 2.45) is 5.92 Å². The molecule has 2 fully saturated rings. The van der Waals surface area contributed by atoms with Crippen LogP contribution in [0.4, 0.5) is 10.5 Å². The van der Waals surface area contributed by atoms with E-state index in [1.54, 1.807) is 37.4 Å². The number of methoxy groups -OCH3 is 1. The number of amides is 3. The zero-order chi connectivity index (χ0) is 25.1. The molecule has 5 rings (SSSR count). The number of rotatable bonds is 9. The average Bonchev–Trinajstić information content (AvgIpc) is 3.44. The molecule has 3 aromatic rings. The molecule has 1 aliphatic heterocycles. The minimum Gasteiger partial charge on any atom is -0.497 e. The van der Waals surface area contributed by atoms with Crippen LogP contribution in [0.5, 0.6) is 5.75 Å². The van der Waals surface area contributed by atoms with Crippen LogP contribution in [0.3, 0.4) is 0 Å². The highest BCUT2D eigenvalue weighted by Gasteiger charge is 2.47. The van der Waals surface area contributed by atoms with Crippen LogP contribution in [0.25, 0.3) is 0 Å². The quantitative estimate of drug-likeness (QED) is 0.443. The first-order chi connectivity index (χ1) is 17.5. The van der Waals surface area contributed by atoms with Gasteiger partial charge in [0.2, 0.25) is 5.91 Å². The van der Waals surface area contributed by atoms with Crippen LogP contribution in [-0.4, -0.2) is 42.5 Å². The van der Waals surface area contributed by atoms with Crippen molar-refractivity contribution >= 4 is 34.9 Å². The summed E-state index contributed by atoms with van der Waals surface area (Å²) in [7, 11) is 1.58. The number of thiophene rings is 1.